The maximum absolute atomic E-state index is 13.9. The fourth-order valence-corrected chi connectivity index (χ4v) is 6.84. The van der Waals surface area contributed by atoms with E-state index in [0.29, 0.717) is 40.7 Å². The van der Waals surface area contributed by atoms with E-state index in [2.05, 4.69) is 17.1 Å². The van der Waals surface area contributed by atoms with Crippen LogP contribution in [-0.4, -0.2) is 29.0 Å². The molecule has 8 heteroatoms. The fraction of sp³-hybridized carbons (Fsp3) is 0.344. The lowest BCUT2D eigenvalue weighted by atomic mass is 9.85. The third-order valence-electron chi connectivity index (χ3n) is 7.37. The number of amides is 1. The number of nitrogens with zero attached hydrogens (tertiary/aromatic N) is 1. The summed E-state index contributed by atoms with van der Waals surface area (Å²) in [6.45, 7) is 5.03. The monoisotopic (exact) mass is 596 g/mol. The molecule has 2 aliphatic rings. The van der Waals surface area contributed by atoms with Crippen molar-refractivity contribution in [2.45, 2.75) is 57.7 Å². The van der Waals surface area contributed by atoms with Gasteiger partial charge in [-0.25, -0.2) is 0 Å². The highest BCUT2D eigenvalue weighted by molar-refractivity contribution is 8.05. The number of carbonyl (C=O) groups is 1. The van der Waals surface area contributed by atoms with Gasteiger partial charge in [-0.1, -0.05) is 85.1 Å². The summed E-state index contributed by atoms with van der Waals surface area (Å²) in [7, 11) is 0. The number of rotatable bonds is 9. The van der Waals surface area contributed by atoms with Crippen LogP contribution in [0, 0.1) is 5.92 Å². The zero-order valence-corrected chi connectivity index (χ0v) is 25.1. The third kappa shape index (κ3) is 6.73. The molecule has 5 nitrogen and oxygen atoms in total. The summed E-state index contributed by atoms with van der Waals surface area (Å²) in [6, 6.07) is 21.5. The number of nitrogens with one attached hydrogen (secondary N) is 1. The highest BCUT2D eigenvalue weighted by Crippen LogP contribution is 2.42. The van der Waals surface area contributed by atoms with Crippen LogP contribution in [0.5, 0.6) is 11.5 Å². The summed E-state index contributed by atoms with van der Waals surface area (Å²) in [6.07, 6.45) is 6.53. The molecular weight excluding hydrogens is 563 g/mol. The first-order valence-electron chi connectivity index (χ1n) is 13.8. The SMILES string of the molecule is CCOc1cc(/C=C2\SC(Nc3ccccc3)N([C@@H]3CCCC[C@@H]3C)C2=O)ccc1OCc1ccc(Cl)c(Cl)c1. The molecule has 3 atom stereocenters. The Labute approximate surface area is 250 Å². The molecule has 3 aromatic carbocycles. The Hall–Kier alpha value is -2.80. The van der Waals surface area contributed by atoms with E-state index < -0.39 is 0 Å². The van der Waals surface area contributed by atoms with Crippen molar-refractivity contribution in [1.29, 1.82) is 0 Å². The summed E-state index contributed by atoms with van der Waals surface area (Å²) in [5.41, 5.74) is 2.64. The van der Waals surface area contributed by atoms with Crippen molar-refractivity contribution in [2.75, 3.05) is 11.9 Å². The Kier molecular flexibility index (Phi) is 9.51. The largest absolute Gasteiger partial charge is 0.490 e. The normalized spacial score (nSPS) is 22.0. The summed E-state index contributed by atoms with van der Waals surface area (Å²) in [5.74, 6) is 1.80. The maximum Gasteiger partial charge on any atom is 0.262 e. The first-order chi connectivity index (χ1) is 19.4. The van der Waals surface area contributed by atoms with E-state index in [9.17, 15) is 4.79 Å². The van der Waals surface area contributed by atoms with Gasteiger partial charge in [-0.05, 0) is 79.3 Å². The lowest BCUT2D eigenvalue weighted by Gasteiger charge is -2.39. The van der Waals surface area contributed by atoms with Gasteiger partial charge in [0, 0.05) is 11.7 Å². The second-order valence-corrected chi connectivity index (χ2v) is 12.1. The number of hydrogen-bond donors (Lipinski definition) is 1. The van der Waals surface area contributed by atoms with Crippen molar-refractivity contribution < 1.29 is 14.3 Å². The molecule has 1 aliphatic carbocycles. The second-order valence-electron chi connectivity index (χ2n) is 10.2. The van der Waals surface area contributed by atoms with Crippen LogP contribution in [0.3, 0.4) is 0 Å². The van der Waals surface area contributed by atoms with E-state index in [1.54, 1.807) is 23.9 Å². The number of para-hydroxylation sites is 1. The van der Waals surface area contributed by atoms with Crippen molar-refractivity contribution in [1.82, 2.24) is 4.90 Å². The predicted octanol–water partition coefficient (Wildman–Crippen LogP) is 8.86. The molecule has 2 fully saturated rings. The van der Waals surface area contributed by atoms with Crippen LogP contribution in [0.25, 0.3) is 6.08 Å². The molecule has 1 heterocycles. The number of hydrogen-bond acceptors (Lipinski definition) is 5. The number of carbonyl (C=O) groups excluding carboxylic acids is 1. The Morgan fingerprint density at radius 3 is 2.52 bits per heavy atom. The fourth-order valence-electron chi connectivity index (χ4n) is 5.31. The van der Waals surface area contributed by atoms with Crippen LogP contribution in [0.4, 0.5) is 5.69 Å². The van der Waals surface area contributed by atoms with Crippen LogP contribution < -0.4 is 14.8 Å². The highest BCUT2D eigenvalue weighted by Gasteiger charge is 2.42. The first-order valence-corrected chi connectivity index (χ1v) is 15.4. The third-order valence-corrected chi connectivity index (χ3v) is 9.22. The van der Waals surface area contributed by atoms with Crippen molar-refractivity contribution in [2.24, 2.45) is 5.92 Å². The smallest absolute Gasteiger partial charge is 0.262 e. The lowest BCUT2D eigenvalue weighted by Crippen LogP contribution is -2.48. The molecule has 3 aromatic rings. The van der Waals surface area contributed by atoms with E-state index in [-0.39, 0.29) is 17.4 Å². The Bertz CT molecular complexity index is 1370. The van der Waals surface area contributed by atoms with E-state index in [0.717, 1.165) is 41.0 Å². The van der Waals surface area contributed by atoms with Gasteiger partial charge in [0.1, 0.15) is 6.61 Å². The Morgan fingerprint density at radius 1 is 0.975 bits per heavy atom. The van der Waals surface area contributed by atoms with Crippen LogP contribution in [-0.2, 0) is 11.4 Å². The molecular formula is C32H34Cl2N2O3S. The van der Waals surface area contributed by atoms with Crippen LogP contribution in [0.2, 0.25) is 10.0 Å². The molecule has 1 N–H and O–H groups in total. The first kappa shape index (κ1) is 28.7. The van der Waals surface area contributed by atoms with Crippen LogP contribution in [0.1, 0.15) is 50.7 Å². The molecule has 0 spiro atoms. The summed E-state index contributed by atoms with van der Waals surface area (Å²) in [4.78, 5) is 16.7. The number of ether oxygens (including phenoxy) is 2. The number of anilines is 1. The van der Waals surface area contributed by atoms with Crippen molar-refractivity contribution in [3.05, 3.63) is 92.8 Å². The topological polar surface area (TPSA) is 50.8 Å². The minimum Gasteiger partial charge on any atom is -0.490 e. The summed E-state index contributed by atoms with van der Waals surface area (Å²) < 4.78 is 12.0. The molecule has 1 saturated carbocycles. The molecule has 0 bridgehead atoms. The Morgan fingerprint density at radius 2 is 1.77 bits per heavy atom. The summed E-state index contributed by atoms with van der Waals surface area (Å²) >= 11 is 13.8. The van der Waals surface area contributed by atoms with Gasteiger partial charge in [0.15, 0.2) is 17.0 Å². The zero-order valence-electron chi connectivity index (χ0n) is 22.7. The van der Waals surface area contributed by atoms with Crippen LogP contribution >= 0.6 is 35.0 Å². The number of thioether (sulfide) groups is 1. The van der Waals surface area contributed by atoms with Crippen molar-refractivity contribution in [3.8, 4) is 11.5 Å². The molecule has 210 valence electrons. The quantitative estimate of drug-likeness (QED) is 0.250. The highest BCUT2D eigenvalue weighted by atomic mass is 35.5. The number of benzene rings is 3. The molecule has 0 aromatic heterocycles. The van der Waals surface area contributed by atoms with Crippen molar-refractivity contribution in [3.63, 3.8) is 0 Å². The van der Waals surface area contributed by atoms with E-state index in [1.807, 2.05) is 67.6 Å². The molecule has 1 unspecified atom stereocenters. The standard InChI is InChI=1S/C32H34Cl2N2O3S/c1-3-38-29-18-22(14-16-28(29)39-20-23-13-15-25(33)26(34)17-23)19-30-31(37)36(27-12-8-7-9-21(27)2)32(40-30)35-24-10-5-4-6-11-24/h4-6,10-11,13-19,21,27,32,35H,3,7-9,12,20H2,1-2H3/b30-19-/t21-,27+,32?/m0/s1. The average molecular weight is 598 g/mol. The molecule has 40 heavy (non-hydrogen) atoms. The second kappa shape index (κ2) is 13.2. The van der Waals surface area contributed by atoms with Gasteiger partial charge in [0.25, 0.3) is 5.91 Å². The van der Waals surface area contributed by atoms with Gasteiger partial charge in [0.2, 0.25) is 0 Å². The van der Waals surface area contributed by atoms with Crippen LogP contribution in [0.15, 0.2) is 71.6 Å². The molecule has 1 aliphatic heterocycles. The minimum atomic E-state index is -0.160. The molecule has 0 radical (unpaired) electrons. The average Bonchev–Trinajstić information content (AvgIpc) is 3.25. The van der Waals surface area contributed by atoms with Gasteiger partial charge >= 0.3 is 0 Å². The van der Waals surface area contributed by atoms with E-state index in [1.165, 1.54) is 6.42 Å². The van der Waals surface area contributed by atoms with Gasteiger partial charge in [-0.2, -0.15) is 0 Å². The lowest BCUT2D eigenvalue weighted by molar-refractivity contribution is -0.129. The predicted molar refractivity (Wildman–Crippen MR) is 166 cm³/mol. The van der Waals surface area contributed by atoms with Gasteiger partial charge in [-0.3, -0.25) is 4.79 Å². The van der Waals surface area contributed by atoms with E-state index >= 15 is 0 Å². The van der Waals surface area contributed by atoms with Gasteiger partial charge in [0.05, 0.1) is 21.6 Å². The maximum atomic E-state index is 13.9. The van der Waals surface area contributed by atoms with Gasteiger partial charge < -0.3 is 19.7 Å². The molecule has 5 rings (SSSR count). The van der Waals surface area contributed by atoms with E-state index in [4.69, 9.17) is 32.7 Å². The van der Waals surface area contributed by atoms with Gasteiger partial charge in [-0.15, -0.1) is 0 Å². The minimum absolute atomic E-state index is 0.0788. The zero-order chi connectivity index (χ0) is 28.1. The summed E-state index contributed by atoms with van der Waals surface area (Å²) in [5, 5.41) is 4.60. The molecule has 1 saturated heterocycles. The van der Waals surface area contributed by atoms with Crippen molar-refractivity contribution >= 4 is 52.6 Å². The Balaban J connectivity index is 1.38. The number of halogens is 2. The molecule has 1 amide bonds.